The van der Waals surface area contributed by atoms with Gasteiger partial charge in [0.2, 0.25) is 0 Å². The Bertz CT molecular complexity index is 427. The number of carbonyl (C=O) groups excluding carboxylic acids is 3. The Morgan fingerprint density at radius 1 is 0.821 bits per heavy atom. The molecule has 28 heavy (non-hydrogen) atoms. The van der Waals surface area contributed by atoms with E-state index in [1.54, 1.807) is 0 Å². The van der Waals surface area contributed by atoms with Gasteiger partial charge in [0, 0.05) is 19.4 Å². The van der Waals surface area contributed by atoms with Gasteiger partial charge in [-0.25, -0.2) is 0 Å². The van der Waals surface area contributed by atoms with Crippen molar-refractivity contribution in [2.75, 3.05) is 13.2 Å². The minimum atomic E-state index is -0.922. The molecule has 7 nitrogen and oxygen atoms in total. The number of hydrogen-bond donors (Lipinski definition) is 2. The quantitative estimate of drug-likeness (QED) is 0.205. The molecule has 0 saturated heterocycles. The molecule has 0 heterocycles. The van der Waals surface area contributed by atoms with Gasteiger partial charge in [0.15, 0.2) is 0 Å². The fraction of sp³-hybridized carbons (Fsp3) is 0.857. The average Bonchev–Trinajstić information content (AvgIpc) is 2.67. The summed E-state index contributed by atoms with van der Waals surface area (Å²) in [7, 11) is 0. The summed E-state index contributed by atoms with van der Waals surface area (Å²) in [6.45, 7) is 2.44. The van der Waals surface area contributed by atoms with E-state index in [2.05, 4.69) is 6.92 Å². The van der Waals surface area contributed by atoms with Gasteiger partial charge in [-0.1, -0.05) is 58.3 Å². The van der Waals surface area contributed by atoms with E-state index in [0.29, 0.717) is 12.8 Å². The largest absolute Gasteiger partial charge is 0.465 e. The first-order valence-corrected chi connectivity index (χ1v) is 10.8. The minimum Gasteiger partial charge on any atom is -0.465 e. The number of carbonyl (C=O) groups is 3. The van der Waals surface area contributed by atoms with Crippen LogP contribution >= 0.6 is 0 Å². The number of hydrogen-bond acceptors (Lipinski definition) is 7. The number of unbranched alkanes of at least 4 members (excludes halogenated alkanes) is 9. The number of ether oxygens (including phenoxy) is 2. The number of aliphatic hydroxyl groups excluding tert-OH is 1. The molecule has 164 valence electrons. The lowest BCUT2D eigenvalue weighted by Gasteiger charge is -2.10. The van der Waals surface area contributed by atoms with E-state index in [1.807, 2.05) is 0 Å². The zero-order valence-corrected chi connectivity index (χ0v) is 17.5. The summed E-state index contributed by atoms with van der Waals surface area (Å²) in [6.07, 6.45) is 11.7. The van der Waals surface area contributed by atoms with Crippen molar-refractivity contribution in [3.63, 3.8) is 0 Å². The fourth-order valence-corrected chi connectivity index (χ4v) is 2.69. The van der Waals surface area contributed by atoms with Crippen LogP contribution in [0, 0.1) is 0 Å². The smallest absolute Gasteiger partial charge is 0.322 e. The van der Waals surface area contributed by atoms with Crippen molar-refractivity contribution in [2.45, 2.75) is 103 Å². The number of nitrogens with two attached hydrogens (primary N) is 1. The Balaban J connectivity index is 3.64. The predicted molar refractivity (Wildman–Crippen MR) is 107 cm³/mol. The molecule has 0 saturated carbocycles. The summed E-state index contributed by atoms with van der Waals surface area (Å²) in [6, 6.07) is -0.922. The summed E-state index contributed by atoms with van der Waals surface area (Å²) in [4.78, 5) is 34.9. The van der Waals surface area contributed by atoms with Crippen molar-refractivity contribution in [3.05, 3.63) is 0 Å². The zero-order chi connectivity index (χ0) is 21.0. The number of aliphatic hydroxyl groups is 1. The number of rotatable bonds is 18. The van der Waals surface area contributed by atoms with Crippen molar-refractivity contribution in [2.24, 2.45) is 5.73 Å². The van der Waals surface area contributed by atoms with Crippen LogP contribution in [0.15, 0.2) is 0 Å². The Labute approximate surface area is 169 Å². The average molecular weight is 402 g/mol. The second kappa shape index (κ2) is 18.9. The molecule has 0 aliphatic rings. The molecule has 7 heteroatoms. The molecule has 0 aromatic rings. The van der Waals surface area contributed by atoms with Crippen LogP contribution < -0.4 is 5.73 Å². The summed E-state index contributed by atoms with van der Waals surface area (Å²) in [5, 5.41) is 8.64. The summed E-state index contributed by atoms with van der Waals surface area (Å²) in [5.74, 6) is -1.77. The first-order chi connectivity index (χ1) is 13.5. The van der Waals surface area contributed by atoms with Gasteiger partial charge in [0.05, 0.1) is 6.61 Å². The predicted octanol–water partition coefficient (Wildman–Crippen LogP) is 3.40. The lowest BCUT2D eigenvalue weighted by atomic mass is 10.1. The first kappa shape index (κ1) is 26.5. The lowest BCUT2D eigenvalue weighted by molar-refractivity contribution is -0.159. The highest BCUT2D eigenvalue weighted by Crippen LogP contribution is 2.11. The van der Waals surface area contributed by atoms with E-state index in [-0.39, 0.29) is 32.5 Å². The zero-order valence-electron chi connectivity index (χ0n) is 17.5. The normalized spacial score (nSPS) is 11.8. The van der Waals surface area contributed by atoms with Crippen LogP contribution in [-0.2, 0) is 23.9 Å². The van der Waals surface area contributed by atoms with Gasteiger partial charge in [-0.3, -0.25) is 14.4 Å². The van der Waals surface area contributed by atoms with E-state index < -0.39 is 23.9 Å². The van der Waals surface area contributed by atoms with Crippen LogP contribution in [0.4, 0.5) is 0 Å². The molecule has 0 rings (SSSR count). The molecule has 0 amide bonds. The maximum atomic E-state index is 11.7. The van der Waals surface area contributed by atoms with Crippen molar-refractivity contribution in [3.8, 4) is 0 Å². The molecule has 0 aliphatic heterocycles. The molecule has 0 aliphatic carbocycles. The standard InChI is InChI=1S/C21H39NO6/c1-2-3-4-5-6-7-8-9-10-13-19(24)28-20(25)15-14-18(22)21(26)27-17-12-11-16-23/h18,23H,2-17,22H2,1H3/t18-/m0/s1. The highest BCUT2D eigenvalue weighted by molar-refractivity contribution is 5.85. The third-order valence-corrected chi connectivity index (χ3v) is 4.47. The summed E-state index contributed by atoms with van der Waals surface area (Å²) in [5.41, 5.74) is 5.66. The molecule has 1 atom stereocenters. The Kier molecular flexibility index (Phi) is 17.9. The van der Waals surface area contributed by atoms with Crippen molar-refractivity contribution < 1.29 is 29.0 Å². The van der Waals surface area contributed by atoms with Gasteiger partial charge in [0.1, 0.15) is 6.04 Å². The molecule has 0 aromatic carbocycles. The van der Waals surface area contributed by atoms with Crippen LogP contribution in [0.5, 0.6) is 0 Å². The Morgan fingerprint density at radius 3 is 2.00 bits per heavy atom. The third kappa shape index (κ3) is 16.7. The van der Waals surface area contributed by atoms with Crippen molar-refractivity contribution in [1.82, 2.24) is 0 Å². The first-order valence-electron chi connectivity index (χ1n) is 10.8. The molecule has 3 N–H and O–H groups in total. The van der Waals surface area contributed by atoms with Gasteiger partial charge >= 0.3 is 17.9 Å². The summed E-state index contributed by atoms with van der Waals surface area (Å²) < 4.78 is 9.69. The molecule has 0 spiro atoms. The third-order valence-electron chi connectivity index (χ3n) is 4.47. The Hall–Kier alpha value is -1.47. The topological polar surface area (TPSA) is 116 Å². The van der Waals surface area contributed by atoms with Crippen LogP contribution in [0.25, 0.3) is 0 Å². The van der Waals surface area contributed by atoms with Gasteiger partial charge in [-0.05, 0) is 25.7 Å². The van der Waals surface area contributed by atoms with Gasteiger partial charge < -0.3 is 20.3 Å². The SMILES string of the molecule is CCCCCCCCCCCC(=O)OC(=O)CC[C@H](N)C(=O)OCCCCO. The molecule has 0 unspecified atom stereocenters. The van der Waals surface area contributed by atoms with Gasteiger partial charge in [-0.2, -0.15) is 0 Å². The van der Waals surface area contributed by atoms with E-state index in [1.165, 1.54) is 38.5 Å². The van der Waals surface area contributed by atoms with E-state index in [4.69, 9.17) is 20.3 Å². The van der Waals surface area contributed by atoms with Crippen LogP contribution in [0.2, 0.25) is 0 Å². The fourth-order valence-electron chi connectivity index (χ4n) is 2.69. The van der Waals surface area contributed by atoms with Crippen LogP contribution in [0.1, 0.15) is 96.8 Å². The molecular formula is C21H39NO6. The Morgan fingerprint density at radius 2 is 1.39 bits per heavy atom. The minimum absolute atomic E-state index is 0.0442. The second-order valence-corrected chi connectivity index (χ2v) is 7.17. The van der Waals surface area contributed by atoms with Gasteiger partial charge in [-0.15, -0.1) is 0 Å². The van der Waals surface area contributed by atoms with Crippen molar-refractivity contribution >= 4 is 17.9 Å². The van der Waals surface area contributed by atoms with Crippen LogP contribution in [-0.4, -0.2) is 42.3 Å². The van der Waals surface area contributed by atoms with Crippen LogP contribution in [0.3, 0.4) is 0 Å². The number of esters is 3. The maximum absolute atomic E-state index is 11.7. The monoisotopic (exact) mass is 401 g/mol. The van der Waals surface area contributed by atoms with E-state index >= 15 is 0 Å². The highest BCUT2D eigenvalue weighted by atomic mass is 16.6. The van der Waals surface area contributed by atoms with E-state index in [0.717, 1.165) is 19.3 Å². The maximum Gasteiger partial charge on any atom is 0.322 e. The molecule has 0 radical (unpaired) electrons. The molecule has 0 bridgehead atoms. The highest BCUT2D eigenvalue weighted by Gasteiger charge is 2.18. The van der Waals surface area contributed by atoms with Crippen molar-refractivity contribution in [1.29, 1.82) is 0 Å². The van der Waals surface area contributed by atoms with Gasteiger partial charge in [0.25, 0.3) is 0 Å². The molecular weight excluding hydrogens is 362 g/mol. The molecule has 0 aromatic heterocycles. The molecule has 0 fully saturated rings. The lowest BCUT2D eigenvalue weighted by Crippen LogP contribution is -2.33. The summed E-state index contributed by atoms with van der Waals surface area (Å²) >= 11 is 0. The van der Waals surface area contributed by atoms with E-state index in [9.17, 15) is 14.4 Å². The second-order valence-electron chi connectivity index (χ2n) is 7.17.